The van der Waals surface area contributed by atoms with Crippen LogP contribution >= 0.6 is 23.4 Å². The number of thioether (sulfide) groups is 1. The molecule has 1 saturated heterocycles. The third-order valence-electron chi connectivity index (χ3n) is 5.03. The van der Waals surface area contributed by atoms with Crippen molar-refractivity contribution >= 4 is 40.2 Å². The normalized spacial score (nSPS) is 16.5. The van der Waals surface area contributed by atoms with E-state index in [1.54, 1.807) is 11.8 Å². The van der Waals surface area contributed by atoms with E-state index in [9.17, 15) is 4.79 Å². The summed E-state index contributed by atoms with van der Waals surface area (Å²) in [6, 6.07) is 22.4. The zero-order valence-corrected chi connectivity index (χ0v) is 17.1. The van der Waals surface area contributed by atoms with Crippen molar-refractivity contribution in [2.75, 3.05) is 12.3 Å². The summed E-state index contributed by atoms with van der Waals surface area (Å²) in [5, 5.41) is 3.08. The second kappa shape index (κ2) is 8.89. The van der Waals surface area contributed by atoms with E-state index in [0.29, 0.717) is 6.61 Å². The number of likely N-dealkylation sites (tertiary alicyclic amines) is 1. The molecule has 0 unspecified atom stereocenters. The maximum Gasteiger partial charge on any atom is 0.410 e. The van der Waals surface area contributed by atoms with Gasteiger partial charge >= 0.3 is 6.09 Å². The molecule has 0 saturated carbocycles. The Hall–Kier alpha value is -2.17. The molecule has 0 bridgehead atoms. The maximum absolute atomic E-state index is 12.5. The highest BCUT2D eigenvalue weighted by atomic mass is 35.5. The number of hydrogen-bond acceptors (Lipinski definition) is 3. The molecular weight excluding hydrogens is 390 g/mol. The van der Waals surface area contributed by atoms with Gasteiger partial charge in [-0.2, -0.15) is 0 Å². The van der Waals surface area contributed by atoms with Gasteiger partial charge < -0.3 is 9.64 Å². The molecular formula is C23H22ClNO2S. The predicted octanol–water partition coefficient (Wildman–Crippen LogP) is 6.39. The number of fused-ring (bicyclic) bond motifs is 1. The van der Waals surface area contributed by atoms with E-state index in [1.165, 1.54) is 10.3 Å². The number of hydrogen-bond donors (Lipinski definition) is 0. The van der Waals surface area contributed by atoms with Crippen LogP contribution in [0.4, 0.5) is 4.79 Å². The Balaban J connectivity index is 1.34. The van der Waals surface area contributed by atoms with Crippen LogP contribution in [0.15, 0.2) is 71.6 Å². The summed E-state index contributed by atoms with van der Waals surface area (Å²) in [6.07, 6.45) is 1.85. The summed E-state index contributed by atoms with van der Waals surface area (Å²) in [7, 11) is 0. The maximum atomic E-state index is 12.5. The Bertz CT molecular complexity index is 963. The Morgan fingerprint density at radius 2 is 1.86 bits per heavy atom. The van der Waals surface area contributed by atoms with Gasteiger partial charge in [0, 0.05) is 28.3 Å². The minimum atomic E-state index is -0.208. The minimum absolute atomic E-state index is 0.208. The van der Waals surface area contributed by atoms with Crippen LogP contribution in [0, 0.1) is 0 Å². The van der Waals surface area contributed by atoms with Gasteiger partial charge in [0.15, 0.2) is 0 Å². The quantitative estimate of drug-likeness (QED) is 0.456. The highest BCUT2D eigenvalue weighted by molar-refractivity contribution is 7.99. The van der Waals surface area contributed by atoms with E-state index in [0.717, 1.165) is 41.1 Å². The van der Waals surface area contributed by atoms with Gasteiger partial charge in [-0.05, 0) is 53.4 Å². The van der Waals surface area contributed by atoms with Crippen LogP contribution in [0.2, 0.25) is 5.02 Å². The molecule has 144 valence electrons. The van der Waals surface area contributed by atoms with Crippen LogP contribution < -0.4 is 0 Å². The van der Waals surface area contributed by atoms with Gasteiger partial charge in [0.25, 0.3) is 0 Å². The lowest BCUT2D eigenvalue weighted by molar-refractivity contribution is 0.0950. The largest absolute Gasteiger partial charge is 0.445 e. The number of ether oxygens (including phenoxy) is 1. The highest BCUT2D eigenvalue weighted by Crippen LogP contribution is 2.29. The van der Waals surface area contributed by atoms with Gasteiger partial charge in [-0.25, -0.2) is 4.79 Å². The van der Waals surface area contributed by atoms with Crippen molar-refractivity contribution in [3.05, 3.63) is 77.3 Å². The van der Waals surface area contributed by atoms with Gasteiger partial charge in [-0.15, -0.1) is 11.8 Å². The predicted molar refractivity (Wildman–Crippen MR) is 116 cm³/mol. The van der Waals surface area contributed by atoms with Crippen molar-refractivity contribution in [1.29, 1.82) is 0 Å². The Labute approximate surface area is 174 Å². The van der Waals surface area contributed by atoms with Crippen molar-refractivity contribution in [1.82, 2.24) is 4.90 Å². The third-order valence-corrected chi connectivity index (χ3v) is 6.41. The van der Waals surface area contributed by atoms with Crippen molar-refractivity contribution in [3.8, 4) is 0 Å². The van der Waals surface area contributed by atoms with Crippen molar-refractivity contribution in [2.45, 2.75) is 30.4 Å². The molecule has 0 radical (unpaired) electrons. The SMILES string of the molecule is O=C(OCc1ccccc1)N1CCC[C@H]1CSc1ccc2cc(Cl)ccc2c1. The van der Waals surface area contributed by atoms with Crippen molar-refractivity contribution < 1.29 is 9.53 Å². The lowest BCUT2D eigenvalue weighted by Gasteiger charge is -2.24. The number of carbonyl (C=O) groups is 1. The number of rotatable bonds is 5. The zero-order valence-electron chi connectivity index (χ0n) is 15.5. The molecule has 1 aliphatic rings. The molecule has 1 aliphatic heterocycles. The monoisotopic (exact) mass is 411 g/mol. The van der Waals surface area contributed by atoms with Crippen LogP contribution in [-0.2, 0) is 11.3 Å². The fraction of sp³-hybridized carbons (Fsp3) is 0.261. The molecule has 3 nitrogen and oxygen atoms in total. The molecule has 3 aromatic carbocycles. The summed E-state index contributed by atoms with van der Waals surface area (Å²) in [5.41, 5.74) is 1.01. The molecule has 0 spiro atoms. The minimum Gasteiger partial charge on any atom is -0.445 e. The Morgan fingerprint density at radius 3 is 2.71 bits per heavy atom. The molecule has 1 atom stereocenters. The van der Waals surface area contributed by atoms with Crippen LogP contribution in [0.3, 0.4) is 0 Å². The first-order valence-corrected chi connectivity index (χ1v) is 10.8. The molecule has 0 aliphatic carbocycles. The molecule has 5 heteroatoms. The zero-order chi connectivity index (χ0) is 19.3. The van der Waals surface area contributed by atoms with E-state index in [1.807, 2.05) is 53.4 Å². The highest BCUT2D eigenvalue weighted by Gasteiger charge is 2.29. The third kappa shape index (κ3) is 4.62. The van der Waals surface area contributed by atoms with E-state index >= 15 is 0 Å². The lowest BCUT2D eigenvalue weighted by Crippen LogP contribution is -2.37. The first kappa shape index (κ1) is 19.2. The summed E-state index contributed by atoms with van der Waals surface area (Å²) in [6.45, 7) is 1.10. The van der Waals surface area contributed by atoms with Crippen LogP contribution in [0.25, 0.3) is 10.8 Å². The van der Waals surface area contributed by atoms with Gasteiger partial charge in [0.1, 0.15) is 6.61 Å². The Morgan fingerprint density at radius 1 is 1.07 bits per heavy atom. The van der Waals surface area contributed by atoms with Crippen molar-refractivity contribution in [3.63, 3.8) is 0 Å². The summed E-state index contributed by atoms with van der Waals surface area (Å²) < 4.78 is 5.53. The molecule has 28 heavy (non-hydrogen) atoms. The number of carbonyl (C=O) groups excluding carboxylic acids is 1. The number of nitrogens with zero attached hydrogens (tertiary/aromatic N) is 1. The van der Waals surface area contributed by atoms with Crippen LogP contribution in [-0.4, -0.2) is 29.3 Å². The molecule has 1 fully saturated rings. The Kier molecular flexibility index (Phi) is 6.08. The first-order chi connectivity index (χ1) is 13.7. The fourth-order valence-corrected chi connectivity index (χ4v) is 4.81. The first-order valence-electron chi connectivity index (χ1n) is 9.48. The van der Waals surface area contributed by atoms with E-state index < -0.39 is 0 Å². The summed E-state index contributed by atoms with van der Waals surface area (Å²) in [4.78, 5) is 15.6. The van der Waals surface area contributed by atoms with Crippen LogP contribution in [0.5, 0.6) is 0 Å². The van der Waals surface area contributed by atoms with E-state index in [-0.39, 0.29) is 12.1 Å². The van der Waals surface area contributed by atoms with Gasteiger partial charge in [0.05, 0.1) is 0 Å². The molecule has 1 amide bonds. The number of halogens is 1. The summed E-state index contributed by atoms with van der Waals surface area (Å²) >= 11 is 7.85. The topological polar surface area (TPSA) is 29.5 Å². The van der Waals surface area contributed by atoms with Crippen LogP contribution in [0.1, 0.15) is 18.4 Å². The summed E-state index contributed by atoms with van der Waals surface area (Å²) in [5.74, 6) is 0.875. The number of benzene rings is 3. The van der Waals surface area contributed by atoms with Gasteiger partial charge in [-0.1, -0.05) is 54.1 Å². The molecule has 0 N–H and O–H groups in total. The van der Waals surface area contributed by atoms with E-state index in [2.05, 4.69) is 18.2 Å². The molecule has 1 heterocycles. The lowest BCUT2D eigenvalue weighted by atomic mass is 10.1. The van der Waals surface area contributed by atoms with Gasteiger partial charge in [0.2, 0.25) is 0 Å². The second-order valence-electron chi connectivity index (χ2n) is 6.99. The average Bonchev–Trinajstić information content (AvgIpc) is 3.20. The smallest absolute Gasteiger partial charge is 0.410 e. The fourth-order valence-electron chi connectivity index (χ4n) is 3.53. The molecule has 3 aromatic rings. The van der Waals surface area contributed by atoms with E-state index in [4.69, 9.17) is 16.3 Å². The van der Waals surface area contributed by atoms with Crippen molar-refractivity contribution in [2.24, 2.45) is 0 Å². The number of amides is 1. The standard InChI is InChI=1S/C23H22ClNO2S/c24-20-10-8-19-14-22(11-9-18(19)13-20)28-16-21-7-4-12-25(21)23(26)27-15-17-5-2-1-3-6-17/h1-3,5-6,8-11,13-14,21H,4,7,12,15-16H2/t21-/m0/s1. The van der Waals surface area contributed by atoms with Gasteiger partial charge in [-0.3, -0.25) is 0 Å². The second-order valence-corrected chi connectivity index (χ2v) is 8.52. The molecule has 4 rings (SSSR count). The molecule has 0 aromatic heterocycles. The average molecular weight is 412 g/mol.